The van der Waals surface area contributed by atoms with Gasteiger partial charge in [0.05, 0.1) is 15.7 Å². The Kier molecular flexibility index (Phi) is 4.12. The number of fused-ring (bicyclic) bond motifs is 1. The van der Waals surface area contributed by atoms with Crippen molar-refractivity contribution in [2.45, 2.75) is 16.7 Å². The zero-order valence-corrected chi connectivity index (χ0v) is 14.5. The van der Waals surface area contributed by atoms with E-state index in [1.807, 2.05) is 30.5 Å². The van der Waals surface area contributed by atoms with E-state index in [0.29, 0.717) is 0 Å². The smallest absolute Gasteiger partial charge is 0.0871 e. The number of aromatic nitrogens is 1. The predicted octanol–water partition coefficient (Wildman–Crippen LogP) is 3.05. The van der Waals surface area contributed by atoms with Crippen molar-refractivity contribution in [3.05, 3.63) is 54.2 Å². The molecule has 1 atom stereocenters. The van der Waals surface area contributed by atoms with Crippen molar-refractivity contribution in [1.29, 1.82) is 0 Å². The summed E-state index contributed by atoms with van der Waals surface area (Å²) in [4.78, 5) is 7.30. The third-order valence-corrected chi connectivity index (χ3v) is 6.03. The summed E-state index contributed by atoms with van der Waals surface area (Å²) >= 11 is 0. The minimum absolute atomic E-state index is 0.845. The first kappa shape index (κ1) is 15.4. The average Bonchev–Trinajstić information content (AvgIpc) is 3.07. The highest BCUT2D eigenvalue weighted by atomic mass is 32.2. The maximum atomic E-state index is 13.0. The molecule has 2 N–H and O–H groups in total. The molecule has 4 nitrogen and oxygen atoms in total. The number of nitrogens with one attached hydrogen (secondary N) is 2. The molecule has 1 saturated heterocycles. The largest absolute Gasteiger partial charge is 0.369 e. The molecule has 0 saturated carbocycles. The number of benzene rings is 2. The molecule has 0 radical (unpaired) electrons. The van der Waals surface area contributed by atoms with E-state index in [4.69, 9.17) is 0 Å². The van der Waals surface area contributed by atoms with Crippen LogP contribution in [0.1, 0.15) is 5.56 Å². The zero-order valence-electron chi connectivity index (χ0n) is 13.7. The highest BCUT2D eigenvalue weighted by Crippen LogP contribution is 2.28. The summed E-state index contributed by atoms with van der Waals surface area (Å²) in [7, 11) is -1.18. The zero-order chi connectivity index (χ0) is 16.5. The van der Waals surface area contributed by atoms with Crippen molar-refractivity contribution in [1.82, 2.24) is 10.3 Å². The summed E-state index contributed by atoms with van der Waals surface area (Å²) in [5.41, 5.74) is 3.39. The van der Waals surface area contributed by atoms with Crippen LogP contribution in [0.3, 0.4) is 0 Å². The van der Waals surface area contributed by atoms with E-state index in [9.17, 15) is 4.21 Å². The van der Waals surface area contributed by atoms with Crippen LogP contribution in [0.5, 0.6) is 0 Å². The number of rotatable bonds is 3. The highest BCUT2D eigenvalue weighted by molar-refractivity contribution is 7.85. The molecule has 2 aromatic carbocycles. The van der Waals surface area contributed by atoms with E-state index in [-0.39, 0.29) is 0 Å². The Labute approximate surface area is 144 Å². The van der Waals surface area contributed by atoms with Crippen LogP contribution in [-0.4, -0.2) is 35.4 Å². The fraction of sp³-hybridized carbons (Fsp3) is 0.263. The van der Waals surface area contributed by atoms with Gasteiger partial charge >= 0.3 is 0 Å². The molecule has 5 heteroatoms. The summed E-state index contributed by atoms with van der Waals surface area (Å²) in [5, 5.41) is 4.43. The average molecular weight is 339 g/mol. The van der Waals surface area contributed by atoms with Gasteiger partial charge < -0.3 is 15.2 Å². The molecule has 1 unspecified atom stereocenters. The molecule has 24 heavy (non-hydrogen) atoms. The Morgan fingerprint density at radius 2 is 1.79 bits per heavy atom. The number of aryl methyl sites for hydroxylation is 1. The molecule has 124 valence electrons. The standard InChI is InChI=1S/C19H21N3OS/c1-14-3-2-4-17-19(14)18(13-21-17)24(23)16-7-5-15(6-8-16)22-11-9-20-10-12-22/h2-8,13,20-21H,9-12H2,1H3. The molecular weight excluding hydrogens is 318 g/mol. The third kappa shape index (κ3) is 2.74. The van der Waals surface area contributed by atoms with Crippen LogP contribution >= 0.6 is 0 Å². The Morgan fingerprint density at radius 1 is 1.04 bits per heavy atom. The van der Waals surface area contributed by atoms with Gasteiger partial charge in [0, 0.05) is 53.9 Å². The minimum atomic E-state index is -1.18. The lowest BCUT2D eigenvalue weighted by atomic mass is 10.1. The lowest BCUT2D eigenvalue weighted by molar-refractivity contribution is 0.589. The van der Waals surface area contributed by atoms with E-state index in [1.54, 1.807) is 0 Å². The first-order chi connectivity index (χ1) is 11.7. The Morgan fingerprint density at radius 3 is 2.54 bits per heavy atom. The van der Waals surface area contributed by atoms with Crippen molar-refractivity contribution >= 4 is 27.4 Å². The summed E-state index contributed by atoms with van der Waals surface area (Å²) in [6.45, 7) is 6.13. The van der Waals surface area contributed by atoms with E-state index in [1.165, 1.54) is 5.69 Å². The molecule has 0 spiro atoms. The lowest BCUT2D eigenvalue weighted by Gasteiger charge is -2.29. The number of nitrogens with zero attached hydrogens (tertiary/aromatic N) is 1. The van der Waals surface area contributed by atoms with Crippen LogP contribution in [0.4, 0.5) is 5.69 Å². The van der Waals surface area contributed by atoms with Gasteiger partial charge in [0.1, 0.15) is 0 Å². The van der Waals surface area contributed by atoms with Gasteiger partial charge in [-0.2, -0.15) is 0 Å². The lowest BCUT2D eigenvalue weighted by Crippen LogP contribution is -2.43. The van der Waals surface area contributed by atoms with Crippen LogP contribution in [0.2, 0.25) is 0 Å². The number of anilines is 1. The molecule has 0 amide bonds. The second-order valence-corrected chi connectivity index (χ2v) is 7.60. The van der Waals surface area contributed by atoms with E-state index >= 15 is 0 Å². The van der Waals surface area contributed by atoms with Crippen LogP contribution in [0, 0.1) is 6.92 Å². The molecule has 1 aromatic heterocycles. The molecule has 0 bridgehead atoms. The maximum absolute atomic E-state index is 13.0. The first-order valence-corrected chi connectivity index (χ1v) is 9.43. The third-order valence-electron chi connectivity index (χ3n) is 4.61. The van der Waals surface area contributed by atoms with Crippen LogP contribution in [0.25, 0.3) is 10.9 Å². The van der Waals surface area contributed by atoms with Gasteiger partial charge in [-0.05, 0) is 42.8 Å². The molecular formula is C19H21N3OS. The van der Waals surface area contributed by atoms with Gasteiger partial charge in [0.2, 0.25) is 0 Å². The molecule has 2 heterocycles. The van der Waals surface area contributed by atoms with Crippen molar-refractivity contribution in [2.24, 2.45) is 0 Å². The molecule has 1 fully saturated rings. The quantitative estimate of drug-likeness (QED) is 0.771. The molecule has 1 aliphatic heterocycles. The number of hydrogen-bond acceptors (Lipinski definition) is 3. The number of hydrogen-bond donors (Lipinski definition) is 2. The van der Waals surface area contributed by atoms with Crippen molar-refractivity contribution in [3.63, 3.8) is 0 Å². The van der Waals surface area contributed by atoms with Crippen molar-refractivity contribution in [3.8, 4) is 0 Å². The summed E-state index contributed by atoms with van der Waals surface area (Å²) < 4.78 is 13.0. The van der Waals surface area contributed by atoms with Crippen molar-refractivity contribution < 1.29 is 4.21 Å². The van der Waals surface area contributed by atoms with E-state index < -0.39 is 10.8 Å². The first-order valence-electron chi connectivity index (χ1n) is 8.28. The fourth-order valence-corrected chi connectivity index (χ4v) is 4.57. The second kappa shape index (κ2) is 6.42. The molecule has 1 aliphatic rings. The van der Waals surface area contributed by atoms with Gasteiger partial charge in [-0.1, -0.05) is 12.1 Å². The second-order valence-electron chi connectivity index (χ2n) is 6.15. The normalized spacial score (nSPS) is 16.5. The van der Waals surface area contributed by atoms with E-state index in [0.717, 1.165) is 52.4 Å². The van der Waals surface area contributed by atoms with Gasteiger partial charge in [-0.25, -0.2) is 4.21 Å². The predicted molar refractivity (Wildman–Crippen MR) is 99.2 cm³/mol. The maximum Gasteiger partial charge on any atom is 0.0871 e. The van der Waals surface area contributed by atoms with Crippen molar-refractivity contribution in [2.75, 3.05) is 31.1 Å². The highest BCUT2D eigenvalue weighted by Gasteiger charge is 2.15. The SMILES string of the molecule is Cc1cccc2[nH]cc(S(=O)c3ccc(N4CCNCC4)cc3)c12. The van der Waals surface area contributed by atoms with E-state index in [2.05, 4.69) is 40.3 Å². The van der Waals surface area contributed by atoms with Crippen LogP contribution in [0.15, 0.2) is 58.5 Å². The topological polar surface area (TPSA) is 48.1 Å². The fourth-order valence-electron chi connectivity index (χ4n) is 3.31. The molecule has 3 aromatic rings. The Bertz CT molecular complexity index is 879. The van der Waals surface area contributed by atoms with Gasteiger partial charge in [0.15, 0.2) is 0 Å². The van der Waals surface area contributed by atoms with Gasteiger partial charge in [-0.3, -0.25) is 0 Å². The van der Waals surface area contributed by atoms with Crippen LogP contribution in [-0.2, 0) is 10.8 Å². The number of aromatic amines is 1. The van der Waals surface area contributed by atoms with Crippen LogP contribution < -0.4 is 10.2 Å². The Balaban J connectivity index is 1.64. The summed E-state index contributed by atoms with van der Waals surface area (Å²) in [6.07, 6.45) is 1.87. The number of H-pyrrole nitrogens is 1. The summed E-state index contributed by atoms with van der Waals surface area (Å²) in [6, 6.07) is 14.2. The minimum Gasteiger partial charge on any atom is -0.369 e. The molecule has 4 rings (SSSR count). The monoisotopic (exact) mass is 339 g/mol. The molecule has 0 aliphatic carbocycles. The summed E-state index contributed by atoms with van der Waals surface area (Å²) in [5.74, 6) is 0. The van der Waals surface area contributed by atoms with Gasteiger partial charge in [-0.15, -0.1) is 0 Å². The van der Waals surface area contributed by atoms with Gasteiger partial charge in [0.25, 0.3) is 0 Å². The number of piperazine rings is 1. The Hall–Kier alpha value is -2.11.